The van der Waals surface area contributed by atoms with Crippen molar-refractivity contribution in [2.75, 3.05) is 33.4 Å². The van der Waals surface area contributed by atoms with Gasteiger partial charge in [-0.05, 0) is 37.0 Å². The molecule has 0 saturated carbocycles. The second-order valence-corrected chi connectivity index (χ2v) is 9.82. The Morgan fingerprint density at radius 2 is 1.63 bits per heavy atom. The number of hydrogen-bond acceptors (Lipinski definition) is 4. The minimum Gasteiger partial charge on any atom is -0.381 e. The third-order valence-corrected chi connectivity index (χ3v) is 7.66. The lowest BCUT2D eigenvalue weighted by atomic mass is 9.74. The Labute approximate surface area is 179 Å². The summed E-state index contributed by atoms with van der Waals surface area (Å²) in [7, 11) is -1.98. The molecule has 7 heteroatoms. The maximum absolute atomic E-state index is 12.6. The smallest absolute Gasteiger partial charge is 0.242 e. The Bertz CT molecular complexity index is 911. The van der Waals surface area contributed by atoms with Crippen molar-refractivity contribution in [2.24, 2.45) is 0 Å². The summed E-state index contributed by atoms with van der Waals surface area (Å²) < 4.78 is 31.9. The lowest BCUT2D eigenvalue weighted by Gasteiger charge is -2.38. The molecule has 2 aromatic rings. The topological polar surface area (TPSA) is 75.7 Å². The number of rotatable bonds is 9. The number of carbonyl (C=O) groups is 1. The number of benzene rings is 2. The minimum atomic E-state index is -3.52. The normalized spacial score (nSPS) is 16.3. The first-order valence-electron chi connectivity index (χ1n) is 10.4. The van der Waals surface area contributed by atoms with Crippen LogP contribution in [-0.4, -0.2) is 52.0 Å². The molecule has 1 heterocycles. The van der Waals surface area contributed by atoms with Crippen molar-refractivity contribution in [3.63, 3.8) is 0 Å². The van der Waals surface area contributed by atoms with E-state index in [1.54, 1.807) is 37.4 Å². The second-order valence-electron chi connectivity index (χ2n) is 7.78. The van der Waals surface area contributed by atoms with Gasteiger partial charge in [-0.3, -0.25) is 4.79 Å². The van der Waals surface area contributed by atoms with Crippen LogP contribution in [0.1, 0.15) is 31.2 Å². The van der Waals surface area contributed by atoms with Gasteiger partial charge in [0.2, 0.25) is 15.9 Å². The van der Waals surface area contributed by atoms with Crippen LogP contribution in [0.2, 0.25) is 0 Å². The Balaban J connectivity index is 1.51. The Kier molecular flexibility index (Phi) is 7.64. The summed E-state index contributed by atoms with van der Waals surface area (Å²) in [6.45, 7) is 2.24. The summed E-state index contributed by atoms with van der Waals surface area (Å²) in [4.78, 5) is 12.7. The number of nitrogens with zero attached hydrogens (tertiary/aromatic N) is 1. The van der Waals surface area contributed by atoms with E-state index in [9.17, 15) is 13.2 Å². The zero-order valence-electron chi connectivity index (χ0n) is 17.4. The van der Waals surface area contributed by atoms with Crippen molar-refractivity contribution in [3.05, 3.63) is 66.2 Å². The summed E-state index contributed by atoms with van der Waals surface area (Å²) >= 11 is 0. The van der Waals surface area contributed by atoms with Gasteiger partial charge in [-0.15, -0.1) is 0 Å². The number of hydrogen-bond donors (Lipinski definition) is 1. The van der Waals surface area contributed by atoms with E-state index in [0.717, 1.165) is 12.8 Å². The first-order valence-corrected chi connectivity index (χ1v) is 11.8. The van der Waals surface area contributed by atoms with Crippen molar-refractivity contribution in [1.82, 2.24) is 9.62 Å². The first kappa shape index (κ1) is 22.5. The van der Waals surface area contributed by atoms with E-state index in [4.69, 9.17) is 4.74 Å². The molecule has 0 unspecified atom stereocenters. The van der Waals surface area contributed by atoms with E-state index in [2.05, 4.69) is 17.4 Å². The van der Waals surface area contributed by atoms with Gasteiger partial charge in [-0.25, -0.2) is 12.7 Å². The molecule has 3 rings (SSSR count). The van der Waals surface area contributed by atoms with Crippen LogP contribution >= 0.6 is 0 Å². The van der Waals surface area contributed by atoms with Gasteiger partial charge in [0, 0.05) is 45.2 Å². The van der Waals surface area contributed by atoms with Crippen LogP contribution in [0, 0.1) is 0 Å². The predicted octanol–water partition coefficient (Wildman–Crippen LogP) is 2.95. The number of sulfonamides is 1. The van der Waals surface area contributed by atoms with Gasteiger partial charge in [0.1, 0.15) is 0 Å². The second kappa shape index (κ2) is 10.2. The van der Waals surface area contributed by atoms with Crippen LogP contribution in [-0.2, 0) is 25.0 Å². The maximum atomic E-state index is 12.6. The lowest BCUT2D eigenvalue weighted by Crippen LogP contribution is -2.44. The molecule has 0 aliphatic carbocycles. The summed E-state index contributed by atoms with van der Waals surface area (Å²) in [5, 5.41) is 3.07. The molecule has 162 valence electrons. The van der Waals surface area contributed by atoms with Gasteiger partial charge < -0.3 is 10.1 Å². The first-order chi connectivity index (χ1) is 14.4. The number of nitrogens with one attached hydrogen (secondary N) is 1. The molecule has 6 nitrogen and oxygen atoms in total. The highest BCUT2D eigenvalue weighted by Gasteiger charge is 2.34. The Hall–Kier alpha value is -2.22. The number of carbonyl (C=O) groups excluding carboxylic acids is 1. The summed E-state index contributed by atoms with van der Waals surface area (Å²) in [6, 6.07) is 18.6. The van der Waals surface area contributed by atoms with Crippen LogP contribution in [0.15, 0.2) is 65.6 Å². The van der Waals surface area contributed by atoms with Crippen LogP contribution in [0.4, 0.5) is 0 Å². The van der Waals surface area contributed by atoms with Crippen molar-refractivity contribution < 1.29 is 17.9 Å². The predicted molar refractivity (Wildman–Crippen MR) is 117 cm³/mol. The Morgan fingerprint density at radius 3 is 2.27 bits per heavy atom. The van der Waals surface area contributed by atoms with E-state index in [1.807, 2.05) is 18.2 Å². The fraction of sp³-hybridized carbons (Fsp3) is 0.435. The number of ether oxygens (including phenoxy) is 1. The molecule has 0 spiro atoms. The van der Waals surface area contributed by atoms with Crippen molar-refractivity contribution in [1.29, 1.82) is 0 Å². The third kappa shape index (κ3) is 5.47. The van der Waals surface area contributed by atoms with Crippen molar-refractivity contribution in [2.45, 2.75) is 36.0 Å². The van der Waals surface area contributed by atoms with Gasteiger partial charge in [0.25, 0.3) is 0 Å². The molecule has 1 amide bonds. The Morgan fingerprint density at radius 1 is 1.03 bits per heavy atom. The molecule has 1 N–H and O–H groups in total. The molecular weight excluding hydrogens is 400 g/mol. The molecule has 30 heavy (non-hydrogen) atoms. The van der Waals surface area contributed by atoms with Crippen LogP contribution in [0.5, 0.6) is 0 Å². The zero-order chi connectivity index (χ0) is 21.5. The zero-order valence-corrected chi connectivity index (χ0v) is 18.2. The van der Waals surface area contributed by atoms with Gasteiger partial charge >= 0.3 is 0 Å². The average Bonchev–Trinajstić information content (AvgIpc) is 2.79. The SMILES string of the molecule is CN(CCCC(=O)NCC1(c2ccccc2)CCOCC1)S(=O)(=O)c1ccccc1. The van der Waals surface area contributed by atoms with Crippen LogP contribution in [0.3, 0.4) is 0 Å². The van der Waals surface area contributed by atoms with E-state index in [1.165, 1.54) is 9.87 Å². The van der Waals surface area contributed by atoms with Crippen molar-refractivity contribution >= 4 is 15.9 Å². The highest BCUT2D eigenvalue weighted by Crippen LogP contribution is 2.34. The van der Waals surface area contributed by atoms with E-state index < -0.39 is 10.0 Å². The molecule has 0 atom stereocenters. The van der Waals surface area contributed by atoms with Crippen LogP contribution in [0.25, 0.3) is 0 Å². The molecule has 1 aliphatic heterocycles. The van der Waals surface area contributed by atoms with Gasteiger partial charge in [0.05, 0.1) is 4.90 Å². The highest BCUT2D eigenvalue weighted by molar-refractivity contribution is 7.89. The fourth-order valence-corrected chi connectivity index (χ4v) is 5.06. The van der Waals surface area contributed by atoms with Gasteiger partial charge in [0.15, 0.2) is 0 Å². The molecular formula is C23H30N2O4S. The summed E-state index contributed by atoms with van der Waals surface area (Å²) in [5.41, 5.74) is 1.12. The molecule has 1 fully saturated rings. The minimum absolute atomic E-state index is 0.0534. The average molecular weight is 431 g/mol. The highest BCUT2D eigenvalue weighted by atomic mass is 32.2. The summed E-state index contributed by atoms with van der Waals surface area (Å²) in [6.07, 6.45) is 2.50. The molecule has 1 aliphatic rings. The fourth-order valence-electron chi connectivity index (χ4n) is 3.83. The quantitative estimate of drug-likeness (QED) is 0.664. The van der Waals surface area contributed by atoms with E-state index >= 15 is 0 Å². The van der Waals surface area contributed by atoms with E-state index in [0.29, 0.717) is 32.7 Å². The molecule has 0 radical (unpaired) electrons. The van der Waals surface area contributed by atoms with Crippen molar-refractivity contribution in [3.8, 4) is 0 Å². The molecule has 0 aromatic heterocycles. The molecule has 0 bridgehead atoms. The maximum Gasteiger partial charge on any atom is 0.242 e. The third-order valence-electron chi connectivity index (χ3n) is 5.79. The molecule has 1 saturated heterocycles. The monoisotopic (exact) mass is 430 g/mol. The van der Waals surface area contributed by atoms with Gasteiger partial charge in [-0.2, -0.15) is 0 Å². The largest absolute Gasteiger partial charge is 0.381 e. The lowest BCUT2D eigenvalue weighted by molar-refractivity contribution is -0.121. The summed E-state index contributed by atoms with van der Waals surface area (Å²) in [5.74, 6) is -0.0534. The van der Waals surface area contributed by atoms with E-state index in [-0.39, 0.29) is 22.6 Å². The van der Waals surface area contributed by atoms with Gasteiger partial charge in [-0.1, -0.05) is 48.5 Å². The molecule has 2 aromatic carbocycles. The van der Waals surface area contributed by atoms with Crippen LogP contribution < -0.4 is 5.32 Å². The number of amides is 1. The standard InChI is InChI=1S/C23H30N2O4S/c1-25(30(27,28)21-11-6-3-7-12-21)16-8-13-22(26)24-19-23(14-17-29-18-15-23)20-9-4-2-5-10-20/h2-7,9-12H,8,13-19H2,1H3,(H,24,26).